The van der Waals surface area contributed by atoms with Crippen molar-refractivity contribution in [3.8, 4) is 11.1 Å². The summed E-state index contributed by atoms with van der Waals surface area (Å²) in [7, 11) is 0. The summed E-state index contributed by atoms with van der Waals surface area (Å²) in [6.45, 7) is 2.12. The molecule has 0 aromatic heterocycles. The zero-order valence-corrected chi connectivity index (χ0v) is 21.3. The lowest BCUT2D eigenvalue weighted by Gasteiger charge is -2.23. The molecule has 0 bridgehead atoms. The van der Waals surface area contributed by atoms with Gasteiger partial charge in [0.25, 0.3) is 0 Å². The molecule has 4 aromatic rings. The van der Waals surface area contributed by atoms with Gasteiger partial charge < -0.3 is 20.7 Å². The third kappa shape index (κ3) is 5.86. The van der Waals surface area contributed by atoms with Crippen LogP contribution in [0.4, 0.5) is 9.59 Å². The second kappa shape index (κ2) is 11.6. The predicted molar refractivity (Wildman–Crippen MR) is 149 cm³/mol. The van der Waals surface area contributed by atoms with Gasteiger partial charge in [-0.15, -0.1) is 0 Å². The summed E-state index contributed by atoms with van der Waals surface area (Å²) >= 11 is 0. The van der Waals surface area contributed by atoms with Crippen LogP contribution < -0.4 is 16.0 Å². The standard InChI is InChI=1S/C32H31N3O3/c1-22(24-14-6-3-7-15-24)33-31(36)34-30(20-23-12-4-2-5-13-23)35-32(37)38-21-29-27-18-10-8-16-25(27)26-17-9-11-19-28(26)29/h2-19,22,29-30H,20-21H2,1H3,(H,35,37)(H2,33,34,36)/t22-,30+/m1/s1. The van der Waals surface area contributed by atoms with Crippen molar-refractivity contribution >= 4 is 12.1 Å². The second-order valence-electron chi connectivity index (χ2n) is 9.46. The highest BCUT2D eigenvalue weighted by Crippen LogP contribution is 2.44. The lowest BCUT2D eigenvalue weighted by atomic mass is 9.98. The lowest BCUT2D eigenvalue weighted by molar-refractivity contribution is 0.137. The fourth-order valence-corrected chi connectivity index (χ4v) is 4.99. The number of benzene rings is 4. The van der Waals surface area contributed by atoms with Crippen LogP contribution in [-0.2, 0) is 11.2 Å². The SMILES string of the molecule is C[C@@H](NC(=O)N[C@H](Cc1ccccc1)NC(=O)OCC1c2ccccc2-c2ccccc21)c1ccccc1. The van der Waals surface area contributed by atoms with Crippen LogP contribution in [0.25, 0.3) is 11.1 Å². The Bertz CT molecular complexity index is 1350. The summed E-state index contributed by atoms with van der Waals surface area (Å²) < 4.78 is 5.72. The Balaban J connectivity index is 1.24. The number of carbonyl (C=O) groups is 2. The van der Waals surface area contributed by atoms with Crippen molar-refractivity contribution < 1.29 is 14.3 Å². The minimum Gasteiger partial charge on any atom is -0.449 e. The van der Waals surface area contributed by atoms with Gasteiger partial charge in [-0.25, -0.2) is 9.59 Å². The van der Waals surface area contributed by atoms with Gasteiger partial charge in [-0.05, 0) is 40.3 Å². The number of hydrogen-bond donors (Lipinski definition) is 3. The number of alkyl carbamates (subject to hydrolysis) is 1. The molecule has 0 fully saturated rings. The number of nitrogens with one attached hydrogen (secondary N) is 3. The maximum absolute atomic E-state index is 12.9. The fraction of sp³-hybridized carbons (Fsp3) is 0.188. The van der Waals surface area contributed by atoms with Crippen LogP contribution in [0.5, 0.6) is 0 Å². The quantitative estimate of drug-likeness (QED) is 0.251. The van der Waals surface area contributed by atoms with Gasteiger partial charge in [0.15, 0.2) is 0 Å². The first kappa shape index (κ1) is 25.1. The zero-order chi connectivity index (χ0) is 26.3. The molecular weight excluding hydrogens is 474 g/mol. The number of rotatable bonds is 8. The van der Waals surface area contributed by atoms with Crippen molar-refractivity contribution in [2.45, 2.75) is 31.5 Å². The van der Waals surface area contributed by atoms with E-state index in [0.29, 0.717) is 6.42 Å². The summed E-state index contributed by atoms with van der Waals surface area (Å²) in [5.74, 6) is -0.0382. The molecule has 2 atom stereocenters. The minimum atomic E-state index is -0.656. The highest BCUT2D eigenvalue weighted by Gasteiger charge is 2.29. The summed E-state index contributed by atoms with van der Waals surface area (Å²) in [6.07, 6.45) is -0.821. The largest absolute Gasteiger partial charge is 0.449 e. The topological polar surface area (TPSA) is 79.5 Å². The van der Waals surface area contributed by atoms with Crippen molar-refractivity contribution in [1.29, 1.82) is 0 Å². The Hall–Kier alpha value is -4.58. The minimum absolute atomic E-state index is 0.0382. The summed E-state index contributed by atoms with van der Waals surface area (Å²) in [5.41, 5.74) is 6.61. The molecule has 3 N–H and O–H groups in total. The number of fused-ring (bicyclic) bond motifs is 3. The van der Waals surface area contributed by atoms with E-state index in [2.05, 4.69) is 40.2 Å². The van der Waals surface area contributed by atoms with Crippen molar-refractivity contribution in [1.82, 2.24) is 16.0 Å². The van der Waals surface area contributed by atoms with Crippen LogP contribution in [-0.4, -0.2) is 24.9 Å². The van der Waals surface area contributed by atoms with Gasteiger partial charge in [-0.3, -0.25) is 0 Å². The molecule has 6 nitrogen and oxygen atoms in total. The Morgan fingerprint density at radius 3 is 1.89 bits per heavy atom. The Kier molecular flexibility index (Phi) is 7.69. The van der Waals surface area contributed by atoms with Gasteiger partial charge in [0, 0.05) is 12.3 Å². The first-order valence-electron chi connectivity index (χ1n) is 12.9. The molecule has 38 heavy (non-hydrogen) atoms. The Morgan fingerprint density at radius 1 is 0.711 bits per heavy atom. The van der Waals surface area contributed by atoms with E-state index in [0.717, 1.165) is 22.3 Å². The van der Waals surface area contributed by atoms with E-state index in [1.165, 1.54) is 11.1 Å². The maximum atomic E-state index is 12.9. The molecule has 5 rings (SSSR count). The van der Waals surface area contributed by atoms with E-state index >= 15 is 0 Å². The molecule has 0 spiro atoms. The number of ether oxygens (including phenoxy) is 1. The van der Waals surface area contributed by atoms with Crippen molar-refractivity contribution in [3.05, 3.63) is 131 Å². The monoisotopic (exact) mass is 505 g/mol. The molecule has 1 aliphatic carbocycles. The molecule has 0 saturated carbocycles. The van der Waals surface area contributed by atoms with Crippen molar-refractivity contribution in [2.75, 3.05) is 6.61 Å². The first-order chi connectivity index (χ1) is 18.6. The van der Waals surface area contributed by atoms with Crippen LogP contribution in [0.2, 0.25) is 0 Å². The highest BCUT2D eigenvalue weighted by atomic mass is 16.5. The average Bonchev–Trinajstić information content (AvgIpc) is 3.26. The van der Waals surface area contributed by atoms with Gasteiger partial charge >= 0.3 is 12.1 Å². The number of amides is 3. The van der Waals surface area contributed by atoms with Gasteiger partial charge in [-0.1, -0.05) is 109 Å². The van der Waals surface area contributed by atoms with E-state index in [1.54, 1.807) is 0 Å². The summed E-state index contributed by atoms with van der Waals surface area (Å²) in [4.78, 5) is 25.8. The number of carbonyl (C=O) groups excluding carboxylic acids is 2. The highest BCUT2D eigenvalue weighted by molar-refractivity contribution is 5.79. The third-order valence-electron chi connectivity index (χ3n) is 6.87. The first-order valence-corrected chi connectivity index (χ1v) is 12.9. The Morgan fingerprint density at radius 2 is 1.26 bits per heavy atom. The van der Waals surface area contributed by atoms with Crippen LogP contribution >= 0.6 is 0 Å². The van der Waals surface area contributed by atoms with E-state index in [1.807, 2.05) is 91.9 Å². The van der Waals surface area contributed by atoms with Crippen molar-refractivity contribution in [3.63, 3.8) is 0 Å². The fourth-order valence-electron chi connectivity index (χ4n) is 4.99. The molecule has 6 heteroatoms. The van der Waals surface area contributed by atoms with Crippen LogP contribution in [0, 0.1) is 0 Å². The molecule has 192 valence electrons. The number of urea groups is 1. The normalized spacial score (nSPS) is 13.5. The molecule has 1 aliphatic rings. The molecule has 0 radical (unpaired) electrons. The van der Waals surface area contributed by atoms with Gasteiger partial charge in [0.1, 0.15) is 12.8 Å². The second-order valence-corrected chi connectivity index (χ2v) is 9.46. The van der Waals surface area contributed by atoms with E-state index in [4.69, 9.17) is 4.74 Å². The molecule has 0 heterocycles. The molecule has 4 aromatic carbocycles. The number of hydrogen-bond acceptors (Lipinski definition) is 3. The molecular formula is C32H31N3O3. The Labute approximate surface area is 223 Å². The van der Waals surface area contributed by atoms with Gasteiger partial charge in [0.2, 0.25) is 0 Å². The van der Waals surface area contributed by atoms with E-state index in [9.17, 15) is 9.59 Å². The maximum Gasteiger partial charge on any atom is 0.408 e. The molecule has 0 saturated heterocycles. The third-order valence-corrected chi connectivity index (χ3v) is 6.87. The van der Waals surface area contributed by atoms with E-state index < -0.39 is 12.3 Å². The van der Waals surface area contributed by atoms with E-state index in [-0.39, 0.29) is 24.6 Å². The van der Waals surface area contributed by atoms with Gasteiger partial charge in [0.05, 0.1) is 6.04 Å². The molecule has 0 unspecified atom stereocenters. The van der Waals surface area contributed by atoms with Crippen LogP contribution in [0.1, 0.15) is 41.1 Å². The van der Waals surface area contributed by atoms with Crippen LogP contribution in [0.15, 0.2) is 109 Å². The van der Waals surface area contributed by atoms with Crippen molar-refractivity contribution in [2.24, 2.45) is 0 Å². The van der Waals surface area contributed by atoms with Gasteiger partial charge in [-0.2, -0.15) is 0 Å². The predicted octanol–water partition coefficient (Wildman–Crippen LogP) is 6.15. The van der Waals surface area contributed by atoms with Crippen LogP contribution in [0.3, 0.4) is 0 Å². The lowest BCUT2D eigenvalue weighted by Crippen LogP contribution is -2.52. The molecule has 3 amide bonds. The zero-order valence-electron chi connectivity index (χ0n) is 21.3. The summed E-state index contributed by atoms with van der Waals surface area (Å²) in [6, 6.07) is 35.3. The molecule has 0 aliphatic heterocycles. The summed E-state index contributed by atoms with van der Waals surface area (Å²) in [5, 5.41) is 8.68. The smallest absolute Gasteiger partial charge is 0.408 e. The average molecular weight is 506 g/mol.